The first-order valence-corrected chi connectivity index (χ1v) is 5.71. The molecular weight excluding hydrogens is 186 g/mol. The van der Waals surface area contributed by atoms with E-state index in [9.17, 15) is 8.42 Å². The van der Waals surface area contributed by atoms with Crippen molar-refractivity contribution in [3.8, 4) is 0 Å². The van der Waals surface area contributed by atoms with Gasteiger partial charge in [0.05, 0.1) is 10.9 Å². The van der Waals surface area contributed by atoms with E-state index in [0.717, 1.165) is 12.8 Å². The average molecular weight is 196 g/mol. The lowest BCUT2D eigenvalue weighted by Crippen LogP contribution is -2.17. The Morgan fingerprint density at radius 3 is 2.69 bits per heavy atom. The predicted molar refractivity (Wildman–Crippen MR) is 50.8 cm³/mol. The second-order valence-electron chi connectivity index (χ2n) is 3.12. The van der Waals surface area contributed by atoms with Crippen LogP contribution in [-0.4, -0.2) is 13.7 Å². The van der Waals surface area contributed by atoms with E-state index >= 15 is 0 Å². The SMILES string of the molecule is O=S(=O)(Nc1[c]cccc1)C1CC1. The van der Waals surface area contributed by atoms with Crippen LogP contribution in [0.25, 0.3) is 0 Å². The van der Waals surface area contributed by atoms with Crippen LogP contribution in [0.4, 0.5) is 5.69 Å². The lowest BCUT2D eigenvalue weighted by atomic mass is 10.3. The maximum Gasteiger partial charge on any atom is 0.235 e. The molecule has 0 aromatic heterocycles. The summed E-state index contributed by atoms with van der Waals surface area (Å²) in [5.41, 5.74) is 0.523. The summed E-state index contributed by atoms with van der Waals surface area (Å²) in [6.45, 7) is 0. The highest BCUT2D eigenvalue weighted by atomic mass is 32.2. The molecule has 69 valence electrons. The summed E-state index contributed by atoms with van der Waals surface area (Å²) in [5.74, 6) is 0. The summed E-state index contributed by atoms with van der Waals surface area (Å²) in [6.07, 6.45) is 1.56. The van der Waals surface area contributed by atoms with Crippen molar-refractivity contribution >= 4 is 15.7 Å². The highest BCUT2D eigenvalue weighted by Crippen LogP contribution is 2.29. The number of hydrogen-bond acceptors (Lipinski definition) is 2. The molecule has 0 saturated heterocycles. The number of nitrogens with one attached hydrogen (secondary N) is 1. The highest BCUT2D eigenvalue weighted by molar-refractivity contribution is 7.93. The molecule has 0 unspecified atom stereocenters. The zero-order chi connectivity index (χ0) is 9.31. The normalized spacial score (nSPS) is 16.9. The summed E-state index contributed by atoms with van der Waals surface area (Å²) in [6, 6.07) is 9.78. The maximum absolute atomic E-state index is 11.4. The Labute approximate surface area is 77.8 Å². The Bertz CT molecular complexity index is 381. The molecule has 2 rings (SSSR count). The van der Waals surface area contributed by atoms with Gasteiger partial charge in [0.25, 0.3) is 0 Å². The van der Waals surface area contributed by atoms with E-state index in [1.54, 1.807) is 24.3 Å². The van der Waals surface area contributed by atoms with Crippen LogP contribution in [0.5, 0.6) is 0 Å². The zero-order valence-electron chi connectivity index (χ0n) is 7.03. The van der Waals surface area contributed by atoms with Gasteiger partial charge in [0, 0.05) is 6.07 Å². The van der Waals surface area contributed by atoms with E-state index in [-0.39, 0.29) is 5.25 Å². The van der Waals surface area contributed by atoms with Crippen LogP contribution in [0.1, 0.15) is 12.8 Å². The molecule has 1 aliphatic rings. The monoisotopic (exact) mass is 196 g/mol. The van der Waals surface area contributed by atoms with Crippen LogP contribution in [0.2, 0.25) is 0 Å². The third-order valence-corrected chi connectivity index (χ3v) is 3.78. The minimum atomic E-state index is -3.12. The first kappa shape index (κ1) is 8.56. The molecule has 1 N–H and O–H groups in total. The van der Waals surface area contributed by atoms with Gasteiger partial charge in [-0.3, -0.25) is 4.72 Å². The van der Waals surface area contributed by atoms with Crippen LogP contribution in [0.3, 0.4) is 0 Å². The molecule has 0 amide bonds. The second kappa shape index (κ2) is 3.03. The Kier molecular flexibility index (Phi) is 2.00. The maximum atomic E-state index is 11.4. The minimum Gasteiger partial charge on any atom is -0.283 e. The van der Waals surface area contributed by atoms with Gasteiger partial charge >= 0.3 is 0 Å². The fraction of sp³-hybridized carbons (Fsp3) is 0.333. The Morgan fingerprint density at radius 2 is 2.15 bits per heavy atom. The van der Waals surface area contributed by atoms with Gasteiger partial charge in [-0.2, -0.15) is 0 Å². The van der Waals surface area contributed by atoms with Crippen molar-refractivity contribution in [2.45, 2.75) is 18.1 Å². The number of sulfonamides is 1. The molecule has 0 heterocycles. The van der Waals surface area contributed by atoms with Gasteiger partial charge in [-0.1, -0.05) is 18.2 Å². The van der Waals surface area contributed by atoms with E-state index in [2.05, 4.69) is 10.8 Å². The van der Waals surface area contributed by atoms with E-state index in [0.29, 0.717) is 5.69 Å². The number of rotatable bonds is 3. The van der Waals surface area contributed by atoms with Gasteiger partial charge in [-0.05, 0) is 18.9 Å². The van der Waals surface area contributed by atoms with Gasteiger partial charge in [0.2, 0.25) is 10.0 Å². The van der Waals surface area contributed by atoms with Crippen LogP contribution >= 0.6 is 0 Å². The molecular formula is C9H10NO2S. The molecule has 0 atom stereocenters. The molecule has 1 saturated carbocycles. The van der Waals surface area contributed by atoms with Gasteiger partial charge in [0.1, 0.15) is 0 Å². The molecule has 1 radical (unpaired) electrons. The Hall–Kier alpha value is -1.03. The van der Waals surface area contributed by atoms with Crippen molar-refractivity contribution in [3.05, 3.63) is 30.3 Å². The van der Waals surface area contributed by atoms with Crippen LogP contribution in [0, 0.1) is 6.07 Å². The molecule has 4 heteroatoms. The molecule has 1 fully saturated rings. The Balaban J connectivity index is 2.14. The van der Waals surface area contributed by atoms with E-state index in [4.69, 9.17) is 0 Å². The van der Waals surface area contributed by atoms with Crippen LogP contribution in [0.15, 0.2) is 24.3 Å². The molecule has 0 bridgehead atoms. The van der Waals surface area contributed by atoms with E-state index in [1.807, 2.05) is 0 Å². The summed E-state index contributed by atoms with van der Waals surface area (Å²) in [4.78, 5) is 0. The zero-order valence-corrected chi connectivity index (χ0v) is 7.84. The first-order chi connectivity index (χ1) is 6.18. The minimum absolute atomic E-state index is 0.180. The molecule has 1 aliphatic carbocycles. The first-order valence-electron chi connectivity index (χ1n) is 4.17. The number of para-hydroxylation sites is 1. The fourth-order valence-corrected chi connectivity index (χ4v) is 2.43. The van der Waals surface area contributed by atoms with Gasteiger partial charge < -0.3 is 0 Å². The average Bonchev–Trinajstić information content (AvgIpc) is 2.87. The Morgan fingerprint density at radius 1 is 1.38 bits per heavy atom. The van der Waals surface area contributed by atoms with Gasteiger partial charge in [-0.15, -0.1) is 0 Å². The van der Waals surface area contributed by atoms with Crippen molar-refractivity contribution in [3.63, 3.8) is 0 Å². The largest absolute Gasteiger partial charge is 0.283 e. The van der Waals surface area contributed by atoms with Crippen LogP contribution in [-0.2, 0) is 10.0 Å². The lowest BCUT2D eigenvalue weighted by Gasteiger charge is -2.04. The summed E-state index contributed by atoms with van der Waals surface area (Å²) >= 11 is 0. The molecule has 0 spiro atoms. The molecule has 0 aliphatic heterocycles. The highest BCUT2D eigenvalue weighted by Gasteiger charge is 2.35. The third-order valence-electron chi connectivity index (χ3n) is 1.92. The number of hydrogen-bond donors (Lipinski definition) is 1. The van der Waals surface area contributed by atoms with E-state index < -0.39 is 10.0 Å². The summed E-state index contributed by atoms with van der Waals surface area (Å²) in [7, 11) is -3.12. The topological polar surface area (TPSA) is 46.2 Å². The second-order valence-corrected chi connectivity index (χ2v) is 5.08. The molecule has 13 heavy (non-hydrogen) atoms. The van der Waals surface area contributed by atoms with Crippen molar-refractivity contribution in [1.82, 2.24) is 0 Å². The smallest absolute Gasteiger partial charge is 0.235 e. The molecule has 1 aromatic rings. The van der Waals surface area contributed by atoms with Gasteiger partial charge in [-0.25, -0.2) is 8.42 Å². The lowest BCUT2D eigenvalue weighted by molar-refractivity contribution is 0.600. The summed E-state index contributed by atoms with van der Waals surface area (Å²) < 4.78 is 25.4. The fourth-order valence-electron chi connectivity index (χ4n) is 1.07. The number of benzene rings is 1. The van der Waals surface area contributed by atoms with Crippen molar-refractivity contribution in [2.75, 3.05) is 4.72 Å². The van der Waals surface area contributed by atoms with E-state index in [1.165, 1.54) is 0 Å². The summed E-state index contributed by atoms with van der Waals surface area (Å²) in [5, 5.41) is -0.180. The third kappa shape index (κ3) is 2.01. The molecule has 1 aromatic carbocycles. The van der Waals surface area contributed by atoms with Crippen molar-refractivity contribution in [2.24, 2.45) is 0 Å². The quantitative estimate of drug-likeness (QED) is 0.794. The van der Waals surface area contributed by atoms with Crippen molar-refractivity contribution < 1.29 is 8.42 Å². The molecule has 3 nitrogen and oxygen atoms in total. The number of anilines is 1. The van der Waals surface area contributed by atoms with Crippen LogP contribution < -0.4 is 4.72 Å². The van der Waals surface area contributed by atoms with Crippen molar-refractivity contribution in [1.29, 1.82) is 0 Å². The van der Waals surface area contributed by atoms with Gasteiger partial charge in [0.15, 0.2) is 0 Å². The predicted octanol–water partition coefficient (Wildman–Crippen LogP) is 1.39. The standard InChI is InChI=1S/C9H10NO2S/c11-13(12,9-6-7-9)10-8-4-2-1-3-5-8/h1-4,9-10H,6-7H2.